The summed E-state index contributed by atoms with van der Waals surface area (Å²) in [6.45, 7) is 8.78. The van der Waals surface area contributed by atoms with E-state index in [1.165, 1.54) is 39.2 Å². The summed E-state index contributed by atoms with van der Waals surface area (Å²) in [6, 6.07) is 17.6. The molecule has 0 saturated carbocycles. The van der Waals surface area contributed by atoms with Gasteiger partial charge in [0.15, 0.2) is 0 Å². The highest BCUT2D eigenvalue weighted by Gasteiger charge is 2.29. The van der Waals surface area contributed by atoms with Gasteiger partial charge < -0.3 is 15.0 Å². The Kier molecular flexibility index (Phi) is 5.25. The van der Waals surface area contributed by atoms with Crippen molar-refractivity contribution >= 4 is 45.4 Å². The monoisotopic (exact) mass is 456 g/mol. The van der Waals surface area contributed by atoms with Crippen LogP contribution in [0, 0.1) is 13.8 Å². The normalized spacial score (nSPS) is 16.0. The van der Waals surface area contributed by atoms with E-state index in [0.29, 0.717) is 18.0 Å². The maximum absolute atomic E-state index is 12.3. The molecule has 2 heterocycles. The van der Waals surface area contributed by atoms with Gasteiger partial charge in [0, 0.05) is 22.8 Å². The molecule has 1 atom stereocenters. The Hall–Kier alpha value is -3.51. The molecule has 1 aliphatic rings. The molecular formula is C27H24N2O3S. The minimum Gasteiger partial charge on any atom is -0.478 e. The van der Waals surface area contributed by atoms with Crippen LogP contribution in [0.15, 0.2) is 66.2 Å². The number of para-hydroxylation sites is 1. The van der Waals surface area contributed by atoms with E-state index >= 15 is 0 Å². The number of carboxylic acid groups (broad SMARTS) is 1. The molecule has 33 heavy (non-hydrogen) atoms. The Morgan fingerprint density at radius 2 is 1.88 bits per heavy atom. The van der Waals surface area contributed by atoms with Gasteiger partial charge in [-0.2, -0.15) is 0 Å². The number of thioether (sulfide) groups is 1. The van der Waals surface area contributed by atoms with E-state index < -0.39 is 5.97 Å². The number of amides is 1. The first kappa shape index (κ1) is 21.3. The molecule has 4 aromatic rings. The Morgan fingerprint density at radius 3 is 2.55 bits per heavy atom. The summed E-state index contributed by atoms with van der Waals surface area (Å²) in [4.78, 5) is 23.5. The standard InChI is InChI=1S/C27H24N2O3S/c1-15-12-20(13-23-26(30)28-17(3)33-23)16(2)24-21-6-4-5-7-22(21)29(25(15)24)14-18-8-10-19(11-9-18)27(31)32/h4-12,23H,3,13-14H2,1-2H3,(H,28,30)(H,31,32). The molecule has 5 nitrogen and oxygen atoms in total. The molecule has 3 aromatic carbocycles. The number of carbonyl (C=O) groups is 2. The summed E-state index contributed by atoms with van der Waals surface area (Å²) in [7, 11) is 0. The van der Waals surface area contributed by atoms with Crippen molar-refractivity contribution in [2.24, 2.45) is 0 Å². The predicted octanol–water partition coefficient (Wildman–Crippen LogP) is 5.40. The van der Waals surface area contributed by atoms with Crippen molar-refractivity contribution in [1.82, 2.24) is 9.88 Å². The van der Waals surface area contributed by atoms with Crippen LogP contribution in [-0.2, 0) is 17.8 Å². The fourth-order valence-electron chi connectivity index (χ4n) is 4.81. The molecule has 166 valence electrons. The van der Waals surface area contributed by atoms with Crippen LogP contribution >= 0.6 is 11.8 Å². The number of benzene rings is 3. The first-order chi connectivity index (χ1) is 15.8. The molecule has 0 spiro atoms. The Balaban J connectivity index is 1.64. The summed E-state index contributed by atoms with van der Waals surface area (Å²) in [5, 5.41) is 15.0. The minimum atomic E-state index is -0.921. The Morgan fingerprint density at radius 1 is 1.15 bits per heavy atom. The van der Waals surface area contributed by atoms with Gasteiger partial charge >= 0.3 is 5.97 Å². The molecule has 1 aromatic heterocycles. The van der Waals surface area contributed by atoms with Crippen LogP contribution in [0.1, 0.15) is 32.6 Å². The van der Waals surface area contributed by atoms with Crippen LogP contribution in [0.2, 0.25) is 0 Å². The minimum absolute atomic E-state index is 0.0226. The second-order valence-corrected chi connectivity index (χ2v) is 9.83. The van der Waals surface area contributed by atoms with Gasteiger partial charge in [0.1, 0.15) is 0 Å². The lowest BCUT2D eigenvalue weighted by Crippen LogP contribution is -2.23. The molecule has 2 N–H and O–H groups in total. The van der Waals surface area contributed by atoms with E-state index in [-0.39, 0.29) is 16.7 Å². The molecule has 5 rings (SSSR count). The lowest BCUT2D eigenvalue weighted by molar-refractivity contribution is -0.119. The van der Waals surface area contributed by atoms with Crippen molar-refractivity contribution in [3.05, 3.63) is 94.0 Å². The number of aromatic carboxylic acids is 1. The average Bonchev–Trinajstić information content (AvgIpc) is 3.29. The van der Waals surface area contributed by atoms with Crippen molar-refractivity contribution in [1.29, 1.82) is 0 Å². The quantitative estimate of drug-likeness (QED) is 0.422. The van der Waals surface area contributed by atoms with Crippen LogP contribution in [0.5, 0.6) is 0 Å². The first-order valence-electron chi connectivity index (χ1n) is 10.8. The van der Waals surface area contributed by atoms with Gasteiger partial charge in [-0.1, -0.05) is 54.7 Å². The molecule has 0 radical (unpaired) electrons. The van der Waals surface area contributed by atoms with Crippen LogP contribution in [0.3, 0.4) is 0 Å². The van der Waals surface area contributed by atoms with E-state index in [1.54, 1.807) is 12.1 Å². The highest BCUT2D eigenvalue weighted by atomic mass is 32.2. The van der Waals surface area contributed by atoms with Crippen LogP contribution in [-0.4, -0.2) is 26.8 Å². The van der Waals surface area contributed by atoms with Crippen molar-refractivity contribution < 1.29 is 14.7 Å². The lowest BCUT2D eigenvalue weighted by Gasteiger charge is -2.15. The lowest BCUT2D eigenvalue weighted by atomic mass is 9.95. The van der Waals surface area contributed by atoms with Crippen LogP contribution in [0.4, 0.5) is 0 Å². The molecule has 0 aliphatic carbocycles. The molecule has 0 bridgehead atoms. The van der Waals surface area contributed by atoms with Crippen molar-refractivity contribution in [3.8, 4) is 0 Å². The second kappa shape index (κ2) is 8.12. The molecule has 1 saturated heterocycles. The van der Waals surface area contributed by atoms with Crippen molar-refractivity contribution in [2.75, 3.05) is 0 Å². The molecule has 1 aliphatic heterocycles. The maximum Gasteiger partial charge on any atom is 0.335 e. The number of nitrogens with zero attached hydrogens (tertiary/aromatic N) is 1. The number of carboxylic acids is 1. The molecule has 1 fully saturated rings. The highest BCUT2D eigenvalue weighted by molar-refractivity contribution is 8.04. The second-order valence-electron chi connectivity index (χ2n) is 8.53. The summed E-state index contributed by atoms with van der Waals surface area (Å²) < 4.78 is 2.31. The third-order valence-corrected chi connectivity index (χ3v) is 7.43. The Bertz CT molecular complexity index is 1450. The van der Waals surface area contributed by atoms with E-state index in [1.807, 2.05) is 18.2 Å². The Labute approximate surface area is 196 Å². The molecule has 1 amide bonds. The van der Waals surface area contributed by atoms with E-state index in [2.05, 4.69) is 54.6 Å². The fourth-order valence-corrected chi connectivity index (χ4v) is 5.74. The SMILES string of the molecule is C=C1NC(=O)C(Cc2cc(C)c3c(c2C)c2ccccc2n3Cc2ccc(C(=O)O)cc2)S1. The summed E-state index contributed by atoms with van der Waals surface area (Å²) in [5.41, 5.74) is 7.17. The number of rotatable bonds is 5. The van der Waals surface area contributed by atoms with Crippen LogP contribution in [0.25, 0.3) is 21.8 Å². The number of nitrogens with one attached hydrogen (secondary N) is 1. The fraction of sp³-hybridized carbons (Fsp3) is 0.185. The smallest absolute Gasteiger partial charge is 0.335 e. The van der Waals surface area contributed by atoms with Gasteiger partial charge in [-0.3, -0.25) is 4.79 Å². The highest BCUT2D eigenvalue weighted by Crippen LogP contribution is 2.37. The molecule has 6 heteroatoms. The van der Waals surface area contributed by atoms with Gasteiger partial charge in [-0.05, 0) is 60.7 Å². The first-order valence-corrected chi connectivity index (χ1v) is 11.7. The van der Waals surface area contributed by atoms with Gasteiger partial charge in [0.2, 0.25) is 5.91 Å². The number of carbonyl (C=O) groups excluding carboxylic acids is 1. The maximum atomic E-state index is 12.3. The van der Waals surface area contributed by atoms with E-state index in [4.69, 9.17) is 0 Å². The number of aryl methyl sites for hydroxylation is 2. The zero-order chi connectivity index (χ0) is 23.3. The third-order valence-electron chi connectivity index (χ3n) is 6.38. The number of hydrogen-bond acceptors (Lipinski definition) is 3. The summed E-state index contributed by atoms with van der Waals surface area (Å²) in [6.07, 6.45) is 0.661. The van der Waals surface area contributed by atoms with Crippen molar-refractivity contribution in [2.45, 2.75) is 32.1 Å². The van der Waals surface area contributed by atoms with Gasteiger partial charge in [-0.15, -0.1) is 0 Å². The molecular weight excluding hydrogens is 432 g/mol. The zero-order valence-electron chi connectivity index (χ0n) is 18.5. The zero-order valence-corrected chi connectivity index (χ0v) is 19.3. The van der Waals surface area contributed by atoms with Crippen molar-refractivity contribution in [3.63, 3.8) is 0 Å². The van der Waals surface area contributed by atoms with Gasteiger partial charge in [0.25, 0.3) is 0 Å². The number of hydrogen-bond donors (Lipinski definition) is 2. The van der Waals surface area contributed by atoms with E-state index in [0.717, 1.165) is 16.6 Å². The van der Waals surface area contributed by atoms with Gasteiger partial charge in [0.05, 0.1) is 21.4 Å². The number of fused-ring (bicyclic) bond motifs is 3. The van der Waals surface area contributed by atoms with Gasteiger partial charge in [-0.25, -0.2) is 4.79 Å². The molecule has 1 unspecified atom stereocenters. The summed E-state index contributed by atoms with van der Waals surface area (Å²) in [5.74, 6) is -0.899. The number of aromatic nitrogens is 1. The average molecular weight is 457 g/mol. The largest absolute Gasteiger partial charge is 0.478 e. The predicted molar refractivity (Wildman–Crippen MR) is 134 cm³/mol. The van der Waals surface area contributed by atoms with E-state index in [9.17, 15) is 14.7 Å². The topological polar surface area (TPSA) is 71.3 Å². The van der Waals surface area contributed by atoms with Crippen LogP contribution < -0.4 is 5.32 Å². The third kappa shape index (κ3) is 3.70. The summed E-state index contributed by atoms with van der Waals surface area (Å²) >= 11 is 1.50.